The molecule has 3 rings (SSSR count). The summed E-state index contributed by atoms with van der Waals surface area (Å²) in [5.41, 5.74) is 3.97. The van der Waals surface area contributed by atoms with Crippen LogP contribution in [0.15, 0.2) is 18.7 Å². The maximum Gasteiger partial charge on any atom is 0.115 e. The van der Waals surface area contributed by atoms with E-state index >= 15 is 0 Å². The van der Waals surface area contributed by atoms with Crippen LogP contribution in [0.5, 0.6) is 0 Å². The third-order valence-electron chi connectivity index (χ3n) is 4.53. The first-order chi connectivity index (χ1) is 9.83. The Hall–Kier alpha value is -1.08. The number of rotatable bonds is 3. The maximum atomic E-state index is 6.09. The normalized spacial score (nSPS) is 27.4. The Labute approximate surface area is 119 Å². The van der Waals surface area contributed by atoms with Crippen LogP contribution in [0.25, 0.3) is 0 Å². The minimum absolute atomic E-state index is 0.0219. The van der Waals surface area contributed by atoms with E-state index in [9.17, 15) is 0 Å². The summed E-state index contributed by atoms with van der Waals surface area (Å²) in [4.78, 5) is 8.19. The van der Waals surface area contributed by atoms with Crippen molar-refractivity contribution in [2.75, 3.05) is 19.8 Å². The van der Waals surface area contributed by atoms with Gasteiger partial charge in [-0.15, -0.1) is 0 Å². The van der Waals surface area contributed by atoms with Gasteiger partial charge in [0.05, 0.1) is 11.6 Å². The molecule has 6 heteroatoms. The van der Waals surface area contributed by atoms with Crippen molar-refractivity contribution < 1.29 is 9.47 Å². The van der Waals surface area contributed by atoms with E-state index < -0.39 is 0 Å². The Morgan fingerprint density at radius 2 is 2.00 bits per heavy atom. The van der Waals surface area contributed by atoms with E-state index in [-0.39, 0.29) is 11.6 Å². The molecule has 2 aliphatic rings. The van der Waals surface area contributed by atoms with E-state index in [0.29, 0.717) is 5.92 Å². The molecule has 0 radical (unpaired) electrons. The van der Waals surface area contributed by atoms with Gasteiger partial charge in [-0.05, 0) is 31.6 Å². The molecular formula is C14H22N4O2. The number of nitrogens with one attached hydrogen (secondary N) is 1. The van der Waals surface area contributed by atoms with E-state index in [1.54, 1.807) is 6.33 Å². The first-order valence-electron chi connectivity index (χ1n) is 7.26. The lowest BCUT2D eigenvalue weighted by Gasteiger charge is -2.45. The molecule has 1 spiro atoms. The minimum Gasteiger partial charge on any atom is -0.381 e. The summed E-state index contributed by atoms with van der Waals surface area (Å²) in [6, 6.07) is 0.0832. The van der Waals surface area contributed by atoms with Gasteiger partial charge in [0, 0.05) is 37.8 Å². The van der Waals surface area contributed by atoms with Gasteiger partial charge in [0.2, 0.25) is 0 Å². The molecule has 1 aromatic heterocycles. The van der Waals surface area contributed by atoms with Crippen LogP contribution >= 0.6 is 0 Å². The van der Waals surface area contributed by atoms with Crippen molar-refractivity contribution in [2.45, 2.75) is 37.3 Å². The van der Waals surface area contributed by atoms with Gasteiger partial charge >= 0.3 is 0 Å². The highest BCUT2D eigenvalue weighted by molar-refractivity contribution is 5.11. The molecule has 3 N–H and O–H groups in total. The monoisotopic (exact) mass is 278 g/mol. The molecule has 1 aromatic rings. The van der Waals surface area contributed by atoms with Crippen LogP contribution in [0.2, 0.25) is 0 Å². The van der Waals surface area contributed by atoms with Gasteiger partial charge in [0.1, 0.15) is 6.33 Å². The van der Waals surface area contributed by atoms with Crippen LogP contribution in [0.3, 0.4) is 0 Å². The Morgan fingerprint density at radius 3 is 2.70 bits per heavy atom. The second kappa shape index (κ2) is 6.13. The Bertz CT molecular complexity index is 417. The molecule has 0 aromatic carbocycles. The summed E-state index contributed by atoms with van der Waals surface area (Å²) >= 11 is 0. The lowest BCUT2D eigenvalue weighted by atomic mass is 9.77. The van der Waals surface area contributed by atoms with Crippen molar-refractivity contribution >= 4 is 0 Å². The van der Waals surface area contributed by atoms with Crippen molar-refractivity contribution in [3.05, 3.63) is 24.3 Å². The lowest BCUT2D eigenvalue weighted by molar-refractivity contribution is -0.150. The van der Waals surface area contributed by atoms with Crippen LogP contribution in [-0.4, -0.2) is 35.4 Å². The second-order valence-corrected chi connectivity index (χ2v) is 5.71. The zero-order chi connectivity index (χ0) is 13.8. The molecule has 3 heterocycles. The summed E-state index contributed by atoms with van der Waals surface area (Å²) in [7, 11) is 0. The van der Waals surface area contributed by atoms with Crippen molar-refractivity contribution in [3.8, 4) is 0 Å². The van der Waals surface area contributed by atoms with Gasteiger partial charge in [-0.25, -0.2) is 9.97 Å². The Kier molecular flexibility index (Phi) is 4.26. The van der Waals surface area contributed by atoms with Crippen molar-refractivity contribution in [3.63, 3.8) is 0 Å². The number of hydrogen-bond acceptors (Lipinski definition) is 6. The molecule has 20 heavy (non-hydrogen) atoms. The first-order valence-corrected chi connectivity index (χ1v) is 7.26. The number of nitrogens with zero attached hydrogens (tertiary/aromatic N) is 2. The maximum absolute atomic E-state index is 6.09. The number of nitrogens with two attached hydrogens (primary N) is 1. The fourth-order valence-corrected chi connectivity index (χ4v) is 3.42. The van der Waals surface area contributed by atoms with E-state index in [2.05, 4.69) is 15.4 Å². The van der Waals surface area contributed by atoms with Crippen LogP contribution in [0.4, 0.5) is 0 Å². The van der Waals surface area contributed by atoms with Crippen molar-refractivity contribution in [2.24, 2.45) is 11.8 Å². The summed E-state index contributed by atoms with van der Waals surface area (Å²) in [6.07, 6.45) is 9.19. The van der Waals surface area contributed by atoms with Crippen LogP contribution in [0.1, 0.15) is 37.3 Å². The van der Waals surface area contributed by atoms with Gasteiger partial charge < -0.3 is 9.47 Å². The van der Waals surface area contributed by atoms with Gasteiger partial charge in [-0.2, -0.15) is 0 Å². The SMILES string of the molecule is NNC(c1cncnc1)C1CCOC2(CCOCC2)C1. The van der Waals surface area contributed by atoms with Crippen LogP contribution in [0, 0.1) is 5.92 Å². The molecule has 0 amide bonds. The molecule has 0 aliphatic carbocycles. The largest absolute Gasteiger partial charge is 0.381 e. The Balaban J connectivity index is 1.75. The molecule has 2 atom stereocenters. The smallest absolute Gasteiger partial charge is 0.115 e. The molecule has 0 bridgehead atoms. The Morgan fingerprint density at radius 1 is 1.25 bits per heavy atom. The van der Waals surface area contributed by atoms with Gasteiger partial charge in [-0.1, -0.05) is 0 Å². The van der Waals surface area contributed by atoms with E-state index in [0.717, 1.165) is 51.1 Å². The van der Waals surface area contributed by atoms with Crippen LogP contribution < -0.4 is 11.3 Å². The predicted octanol–water partition coefficient (Wildman–Crippen LogP) is 0.957. The van der Waals surface area contributed by atoms with Gasteiger partial charge in [0.25, 0.3) is 0 Å². The average Bonchev–Trinajstić information content (AvgIpc) is 2.50. The highest BCUT2D eigenvalue weighted by Gasteiger charge is 2.41. The van der Waals surface area contributed by atoms with Gasteiger partial charge in [-0.3, -0.25) is 11.3 Å². The quantitative estimate of drug-likeness (QED) is 0.633. The van der Waals surface area contributed by atoms with E-state index in [1.165, 1.54) is 0 Å². The molecular weight excluding hydrogens is 256 g/mol. The predicted molar refractivity (Wildman–Crippen MR) is 73.6 cm³/mol. The molecule has 2 unspecified atom stereocenters. The molecule has 6 nitrogen and oxygen atoms in total. The number of hydrazine groups is 1. The molecule has 2 saturated heterocycles. The highest BCUT2D eigenvalue weighted by Crippen LogP contribution is 2.41. The minimum atomic E-state index is -0.0219. The molecule has 110 valence electrons. The fourth-order valence-electron chi connectivity index (χ4n) is 3.42. The standard InChI is InChI=1S/C14H22N4O2/c15-18-13(12-8-16-10-17-9-12)11-1-4-20-14(7-11)2-5-19-6-3-14/h8-11,13,18H,1-7,15H2. The zero-order valence-corrected chi connectivity index (χ0v) is 11.6. The summed E-state index contributed by atoms with van der Waals surface area (Å²) < 4.78 is 11.6. The van der Waals surface area contributed by atoms with Crippen LogP contribution in [-0.2, 0) is 9.47 Å². The lowest BCUT2D eigenvalue weighted by Crippen LogP contribution is -2.47. The van der Waals surface area contributed by atoms with E-state index in [1.807, 2.05) is 12.4 Å². The topological polar surface area (TPSA) is 82.3 Å². The third-order valence-corrected chi connectivity index (χ3v) is 4.53. The van der Waals surface area contributed by atoms with Gasteiger partial charge in [0.15, 0.2) is 0 Å². The summed E-state index contributed by atoms with van der Waals surface area (Å²) in [5.74, 6) is 6.22. The highest BCUT2D eigenvalue weighted by atomic mass is 16.5. The number of aromatic nitrogens is 2. The summed E-state index contributed by atoms with van der Waals surface area (Å²) in [6.45, 7) is 2.38. The van der Waals surface area contributed by atoms with Crippen molar-refractivity contribution in [1.82, 2.24) is 15.4 Å². The second-order valence-electron chi connectivity index (χ2n) is 5.71. The number of ether oxygens (including phenoxy) is 2. The average molecular weight is 278 g/mol. The molecule has 2 fully saturated rings. The van der Waals surface area contributed by atoms with Crippen molar-refractivity contribution in [1.29, 1.82) is 0 Å². The van der Waals surface area contributed by atoms with E-state index in [4.69, 9.17) is 15.3 Å². The fraction of sp³-hybridized carbons (Fsp3) is 0.714. The molecule has 0 saturated carbocycles. The first kappa shape index (κ1) is 13.9. The third kappa shape index (κ3) is 2.83. The number of hydrogen-bond donors (Lipinski definition) is 2. The molecule has 2 aliphatic heterocycles. The zero-order valence-electron chi connectivity index (χ0n) is 11.6. The summed E-state index contributed by atoms with van der Waals surface area (Å²) in [5, 5.41) is 0.